The first-order chi connectivity index (χ1) is 12.0. The molecule has 0 atom stereocenters. The maximum Gasteiger partial charge on any atom is 0.159 e. The molecule has 0 aliphatic heterocycles. The van der Waals surface area contributed by atoms with Gasteiger partial charge in [0.2, 0.25) is 0 Å². The first kappa shape index (κ1) is 16.7. The normalized spacial score (nSPS) is 10.5. The van der Waals surface area contributed by atoms with E-state index in [1.807, 2.05) is 19.1 Å². The number of nitrogens with one attached hydrogen (secondary N) is 2. The van der Waals surface area contributed by atoms with Crippen LogP contribution >= 0.6 is 0 Å². The van der Waals surface area contributed by atoms with Crippen LogP contribution < -0.4 is 16.4 Å². The predicted octanol–water partition coefficient (Wildman–Crippen LogP) is 4.17. The summed E-state index contributed by atoms with van der Waals surface area (Å²) >= 11 is 0. The Labute approximate surface area is 146 Å². The van der Waals surface area contributed by atoms with Crippen molar-refractivity contribution in [2.24, 2.45) is 0 Å². The highest BCUT2D eigenvalue weighted by Gasteiger charge is 2.10. The van der Waals surface area contributed by atoms with E-state index in [1.54, 1.807) is 12.1 Å². The van der Waals surface area contributed by atoms with Crippen LogP contribution in [0.15, 0.2) is 48.8 Å². The molecule has 0 fully saturated rings. The second-order valence-electron chi connectivity index (χ2n) is 5.84. The lowest BCUT2D eigenvalue weighted by Crippen LogP contribution is -2.08. The maximum absolute atomic E-state index is 13.0. The SMILES string of the molecule is Cc1cccc(Nc2ncnc(NCc3ccc(F)cc3)c2N)c1C. The van der Waals surface area contributed by atoms with Gasteiger partial charge in [0.1, 0.15) is 17.8 Å². The minimum Gasteiger partial charge on any atom is -0.393 e. The van der Waals surface area contributed by atoms with Gasteiger partial charge in [-0.05, 0) is 48.7 Å². The highest BCUT2D eigenvalue weighted by molar-refractivity contribution is 5.78. The van der Waals surface area contributed by atoms with Gasteiger partial charge in [0.15, 0.2) is 11.6 Å². The molecule has 1 aromatic heterocycles. The van der Waals surface area contributed by atoms with Crippen LogP contribution in [-0.2, 0) is 6.54 Å². The second kappa shape index (κ2) is 7.17. The van der Waals surface area contributed by atoms with Crippen LogP contribution in [0, 0.1) is 19.7 Å². The molecule has 4 N–H and O–H groups in total. The highest BCUT2D eigenvalue weighted by atomic mass is 19.1. The van der Waals surface area contributed by atoms with Gasteiger partial charge in [0.05, 0.1) is 0 Å². The zero-order chi connectivity index (χ0) is 17.8. The van der Waals surface area contributed by atoms with Crippen molar-refractivity contribution in [3.8, 4) is 0 Å². The van der Waals surface area contributed by atoms with E-state index in [-0.39, 0.29) is 5.82 Å². The van der Waals surface area contributed by atoms with E-state index in [1.165, 1.54) is 24.0 Å². The maximum atomic E-state index is 13.0. The fourth-order valence-corrected chi connectivity index (χ4v) is 2.44. The van der Waals surface area contributed by atoms with Gasteiger partial charge in [-0.3, -0.25) is 0 Å². The quantitative estimate of drug-likeness (QED) is 0.651. The molecule has 0 saturated heterocycles. The van der Waals surface area contributed by atoms with E-state index in [0.29, 0.717) is 23.9 Å². The number of nitrogen functional groups attached to an aromatic ring is 1. The third-order valence-electron chi connectivity index (χ3n) is 4.11. The number of nitrogens with two attached hydrogens (primary N) is 1. The number of aromatic nitrogens is 2. The smallest absolute Gasteiger partial charge is 0.159 e. The topological polar surface area (TPSA) is 75.9 Å². The monoisotopic (exact) mass is 337 g/mol. The van der Waals surface area contributed by atoms with Gasteiger partial charge in [-0.25, -0.2) is 14.4 Å². The Morgan fingerprint density at radius 1 is 1.00 bits per heavy atom. The standard InChI is InChI=1S/C19H20FN5/c1-12-4-3-5-16(13(12)2)25-19-17(21)18(23-11-24-19)22-10-14-6-8-15(20)9-7-14/h3-9,11H,10,21H2,1-2H3,(H2,22,23,24,25). The summed E-state index contributed by atoms with van der Waals surface area (Å²) in [5, 5.41) is 6.42. The molecule has 3 rings (SSSR count). The molecule has 128 valence electrons. The summed E-state index contributed by atoms with van der Waals surface area (Å²) in [6.07, 6.45) is 1.46. The van der Waals surface area contributed by atoms with Gasteiger partial charge in [0, 0.05) is 12.2 Å². The summed E-state index contributed by atoms with van der Waals surface area (Å²) in [7, 11) is 0. The van der Waals surface area contributed by atoms with Crippen molar-refractivity contribution >= 4 is 23.0 Å². The molecule has 25 heavy (non-hydrogen) atoms. The average Bonchev–Trinajstić information content (AvgIpc) is 2.61. The minimum atomic E-state index is -0.259. The number of anilines is 4. The Bertz CT molecular complexity index is 877. The van der Waals surface area contributed by atoms with Gasteiger partial charge < -0.3 is 16.4 Å². The Hall–Kier alpha value is -3.15. The van der Waals surface area contributed by atoms with Crippen LogP contribution in [0.4, 0.5) is 27.4 Å². The van der Waals surface area contributed by atoms with Crippen molar-refractivity contribution in [1.82, 2.24) is 9.97 Å². The van der Waals surface area contributed by atoms with Crippen molar-refractivity contribution in [2.75, 3.05) is 16.4 Å². The molecule has 0 aliphatic carbocycles. The molecule has 0 saturated carbocycles. The number of rotatable bonds is 5. The van der Waals surface area contributed by atoms with Crippen LogP contribution in [-0.4, -0.2) is 9.97 Å². The molecule has 0 aliphatic rings. The Kier molecular flexibility index (Phi) is 4.79. The third kappa shape index (κ3) is 3.85. The molecule has 3 aromatic rings. The van der Waals surface area contributed by atoms with Crippen LogP contribution in [0.3, 0.4) is 0 Å². The molecule has 0 spiro atoms. The van der Waals surface area contributed by atoms with Gasteiger partial charge in [-0.1, -0.05) is 24.3 Å². The molecular formula is C19H20FN5. The summed E-state index contributed by atoms with van der Waals surface area (Å²) in [6.45, 7) is 4.59. The number of nitrogens with zero attached hydrogens (tertiary/aromatic N) is 2. The summed E-state index contributed by atoms with van der Waals surface area (Å²) in [5.74, 6) is 0.822. The fraction of sp³-hybridized carbons (Fsp3) is 0.158. The lowest BCUT2D eigenvalue weighted by Gasteiger charge is -2.14. The van der Waals surface area contributed by atoms with E-state index < -0.39 is 0 Å². The number of halogens is 1. The number of hydrogen-bond donors (Lipinski definition) is 3. The van der Waals surface area contributed by atoms with Crippen molar-refractivity contribution in [1.29, 1.82) is 0 Å². The minimum absolute atomic E-state index is 0.259. The van der Waals surface area contributed by atoms with Crippen LogP contribution in [0.2, 0.25) is 0 Å². The third-order valence-corrected chi connectivity index (χ3v) is 4.11. The first-order valence-corrected chi connectivity index (χ1v) is 7.96. The molecular weight excluding hydrogens is 317 g/mol. The number of benzene rings is 2. The average molecular weight is 337 g/mol. The molecule has 0 unspecified atom stereocenters. The summed E-state index contributed by atoms with van der Waals surface area (Å²) < 4.78 is 13.0. The van der Waals surface area contributed by atoms with Gasteiger partial charge in [0.25, 0.3) is 0 Å². The Balaban J connectivity index is 1.77. The van der Waals surface area contributed by atoms with Crippen molar-refractivity contribution in [3.05, 3.63) is 71.3 Å². The largest absolute Gasteiger partial charge is 0.393 e. The molecule has 6 heteroatoms. The van der Waals surface area contributed by atoms with Crippen molar-refractivity contribution in [3.63, 3.8) is 0 Å². The van der Waals surface area contributed by atoms with Crippen molar-refractivity contribution in [2.45, 2.75) is 20.4 Å². The predicted molar refractivity (Wildman–Crippen MR) is 99.4 cm³/mol. The molecule has 0 bridgehead atoms. The zero-order valence-corrected chi connectivity index (χ0v) is 14.2. The highest BCUT2D eigenvalue weighted by Crippen LogP contribution is 2.28. The zero-order valence-electron chi connectivity index (χ0n) is 14.2. The van der Waals surface area contributed by atoms with Crippen LogP contribution in [0.5, 0.6) is 0 Å². The van der Waals surface area contributed by atoms with E-state index >= 15 is 0 Å². The molecule has 1 heterocycles. The lowest BCUT2D eigenvalue weighted by molar-refractivity contribution is 0.627. The summed E-state index contributed by atoms with van der Waals surface area (Å²) in [6, 6.07) is 12.3. The first-order valence-electron chi connectivity index (χ1n) is 7.96. The Morgan fingerprint density at radius 3 is 2.48 bits per heavy atom. The van der Waals surface area contributed by atoms with Gasteiger partial charge in [-0.2, -0.15) is 0 Å². The number of aryl methyl sites for hydroxylation is 1. The fourth-order valence-electron chi connectivity index (χ4n) is 2.44. The Morgan fingerprint density at radius 2 is 1.72 bits per heavy atom. The van der Waals surface area contributed by atoms with Crippen LogP contribution in [0.1, 0.15) is 16.7 Å². The van der Waals surface area contributed by atoms with E-state index in [2.05, 4.69) is 33.6 Å². The molecule has 0 amide bonds. The second-order valence-corrected chi connectivity index (χ2v) is 5.84. The van der Waals surface area contributed by atoms with E-state index in [0.717, 1.165) is 16.8 Å². The summed E-state index contributed by atoms with van der Waals surface area (Å²) in [5.41, 5.74) is 10.8. The van der Waals surface area contributed by atoms with Gasteiger partial charge >= 0.3 is 0 Å². The van der Waals surface area contributed by atoms with E-state index in [9.17, 15) is 4.39 Å². The lowest BCUT2D eigenvalue weighted by atomic mass is 10.1. The van der Waals surface area contributed by atoms with E-state index in [4.69, 9.17) is 5.73 Å². The summed E-state index contributed by atoms with van der Waals surface area (Å²) in [4.78, 5) is 8.43. The molecule has 5 nitrogen and oxygen atoms in total. The molecule has 2 aromatic carbocycles. The molecule has 0 radical (unpaired) electrons. The number of hydrogen-bond acceptors (Lipinski definition) is 5. The van der Waals surface area contributed by atoms with Gasteiger partial charge in [-0.15, -0.1) is 0 Å². The van der Waals surface area contributed by atoms with Crippen molar-refractivity contribution < 1.29 is 4.39 Å². The van der Waals surface area contributed by atoms with Crippen LogP contribution in [0.25, 0.3) is 0 Å².